The molecule has 0 heterocycles. The van der Waals surface area contributed by atoms with E-state index in [0.717, 1.165) is 0 Å². The highest BCUT2D eigenvalue weighted by atomic mass is 32.1. The van der Waals surface area contributed by atoms with E-state index in [2.05, 4.69) is 17.9 Å². The molecule has 0 saturated carbocycles. The Morgan fingerprint density at radius 3 is 2.29 bits per heavy atom. The highest BCUT2D eigenvalue weighted by molar-refractivity contribution is 7.80. The van der Waals surface area contributed by atoms with Crippen LogP contribution in [-0.2, 0) is 4.79 Å². The first kappa shape index (κ1) is 13.7. The molecule has 0 atom stereocenters. The average molecular weight is 222 g/mol. The van der Waals surface area contributed by atoms with Crippen LogP contribution in [0.2, 0.25) is 0 Å². The van der Waals surface area contributed by atoms with Crippen LogP contribution < -0.4 is 5.32 Å². The molecule has 14 heavy (non-hydrogen) atoms. The monoisotopic (exact) mass is 222 g/mol. The molecular weight excluding hydrogens is 204 g/mol. The number of amides is 1. The normalized spacial score (nSPS) is 10.2. The molecule has 0 aromatic rings. The van der Waals surface area contributed by atoms with Gasteiger partial charge in [0.15, 0.2) is 0 Å². The lowest BCUT2D eigenvalue weighted by Gasteiger charge is -2.20. The van der Waals surface area contributed by atoms with Crippen LogP contribution in [0.15, 0.2) is 0 Å². The van der Waals surface area contributed by atoms with E-state index in [0.29, 0.717) is 12.3 Å². The predicted octanol–water partition coefficient (Wildman–Crippen LogP) is -1.68. The van der Waals surface area contributed by atoms with Crippen LogP contribution in [0, 0.1) is 0 Å². The van der Waals surface area contributed by atoms with Gasteiger partial charge in [-0.1, -0.05) is 0 Å². The van der Waals surface area contributed by atoms with E-state index in [1.807, 2.05) is 0 Å². The Morgan fingerprint density at radius 1 is 1.29 bits per heavy atom. The molecule has 0 aliphatic heterocycles. The van der Waals surface area contributed by atoms with Gasteiger partial charge in [-0.15, -0.1) is 0 Å². The number of carbonyl (C=O) groups is 1. The van der Waals surface area contributed by atoms with Crippen molar-refractivity contribution in [3.05, 3.63) is 0 Å². The van der Waals surface area contributed by atoms with Crippen molar-refractivity contribution in [2.45, 2.75) is 0 Å². The van der Waals surface area contributed by atoms with Gasteiger partial charge in [-0.2, -0.15) is 12.6 Å². The summed E-state index contributed by atoms with van der Waals surface area (Å²) < 4.78 is 0. The summed E-state index contributed by atoms with van der Waals surface area (Å²) in [5.74, 6) is 0.558. The molecule has 0 aromatic carbocycles. The first-order valence-corrected chi connectivity index (χ1v) is 5.20. The van der Waals surface area contributed by atoms with E-state index >= 15 is 0 Å². The molecule has 1 amide bonds. The molecule has 6 heteroatoms. The largest absolute Gasteiger partial charge is 0.395 e. The fourth-order valence-corrected chi connectivity index (χ4v) is 1.15. The minimum atomic E-state index is -0.116. The van der Waals surface area contributed by atoms with Crippen molar-refractivity contribution in [3.8, 4) is 0 Å². The molecule has 0 aromatic heterocycles. The summed E-state index contributed by atoms with van der Waals surface area (Å²) in [6.07, 6.45) is 0. The maximum atomic E-state index is 11.4. The lowest BCUT2D eigenvalue weighted by molar-refractivity contribution is -0.131. The Bertz CT molecular complexity index is 152. The summed E-state index contributed by atoms with van der Waals surface area (Å²) in [7, 11) is 0. The van der Waals surface area contributed by atoms with Crippen LogP contribution in [0.1, 0.15) is 0 Å². The number of hydrogen-bond donors (Lipinski definition) is 4. The van der Waals surface area contributed by atoms with Gasteiger partial charge < -0.3 is 20.4 Å². The summed E-state index contributed by atoms with van der Waals surface area (Å²) in [4.78, 5) is 12.8. The third-order valence-corrected chi connectivity index (χ3v) is 1.88. The number of thiol groups is 1. The first-order valence-electron chi connectivity index (χ1n) is 4.57. The van der Waals surface area contributed by atoms with Gasteiger partial charge in [-0.05, 0) is 0 Å². The molecule has 0 spiro atoms. The maximum absolute atomic E-state index is 11.4. The van der Waals surface area contributed by atoms with Crippen molar-refractivity contribution in [1.29, 1.82) is 0 Å². The summed E-state index contributed by atoms with van der Waals surface area (Å²) in [6, 6.07) is 0. The molecule has 0 radical (unpaired) electrons. The average Bonchev–Trinajstić information content (AvgIpc) is 2.18. The predicted molar refractivity (Wildman–Crippen MR) is 57.5 cm³/mol. The van der Waals surface area contributed by atoms with E-state index < -0.39 is 0 Å². The van der Waals surface area contributed by atoms with Crippen molar-refractivity contribution in [3.63, 3.8) is 0 Å². The number of nitrogens with one attached hydrogen (secondary N) is 1. The number of aliphatic hydroxyl groups excluding tert-OH is 2. The molecular formula is C8H18N2O3S. The highest BCUT2D eigenvalue weighted by Gasteiger charge is 2.10. The van der Waals surface area contributed by atoms with Crippen LogP contribution in [0.5, 0.6) is 0 Å². The van der Waals surface area contributed by atoms with Crippen molar-refractivity contribution < 1.29 is 15.0 Å². The topological polar surface area (TPSA) is 72.8 Å². The molecule has 3 N–H and O–H groups in total. The minimum Gasteiger partial charge on any atom is -0.395 e. The maximum Gasteiger partial charge on any atom is 0.236 e. The van der Waals surface area contributed by atoms with Gasteiger partial charge >= 0.3 is 0 Å². The zero-order chi connectivity index (χ0) is 10.8. The van der Waals surface area contributed by atoms with Crippen LogP contribution >= 0.6 is 12.6 Å². The van der Waals surface area contributed by atoms with Gasteiger partial charge in [0.1, 0.15) is 0 Å². The Morgan fingerprint density at radius 2 is 1.86 bits per heavy atom. The molecule has 0 saturated heterocycles. The summed E-state index contributed by atoms with van der Waals surface area (Å²) >= 11 is 3.99. The Kier molecular flexibility index (Phi) is 9.06. The quantitative estimate of drug-likeness (QED) is 0.292. The SMILES string of the molecule is O=C(CNCCS)N(CCO)CCO. The second-order valence-corrected chi connectivity index (χ2v) is 3.18. The lowest BCUT2D eigenvalue weighted by atomic mass is 10.4. The first-order chi connectivity index (χ1) is 6.76. The van der Waals surface area contributed by atoms with E-state index in [9.17, 15) is 4.79 Å². The number of rotatable bonds is 8. The summed E-state index contributed by atoms with van der Waals surface area (Å²) in [5, 5.41) is 20.3. The van der Waals surface area contributed by atoms with Gasteiger partial charge in [0, 0.05) is 25.4 Å². The Labute approximate surface area is 89.5 Å². The lowest BCUT2D eigenvalue weighted by Crippen LogP contribution is -2.41. The minimum absolute atomic E-state index is 0.0850. The molecule has 0 fully saturated rings. The van der Waals surface area contributed by atoms with Crippen molar-refractivity contribution in [2.75, 3.05) is 45.1 Å². The fourth-order valence-electron chi connectivity index (χ4n) is 0.989. The van der Waals surface area contributed by atoms with Crippen LogP contribution in [0.4, 0.5) is 0 Å². The smallest absolute Gasteiger partial charge is 0.236 e. The van der Waals surface area contributed by atoms with Crippen LogP contribution in [-0.4, -0.2) is 66.2 Å². The van der Waals surface area contributed by atoms with Crippen LogP contribution in [0.3, 0.4) is 0 Å². The second kappa shape index (κ2) is 9.26. The molecule has 0 unspecified atom stereocenters. The number of nitrogens with zero attached hydrogens (tertiary/aromatic N) is 1. The third kappa shape index (κ3) is 6.20. The summed E-state index contributed by atoms with van der Waals surface area (Å²) in [6.45, 7) is 1.25. The number of carbonyl (C=O) groups excluding carboxylic acids is 1. The van der Waals surface area contributed by atoms with Crippen LogP contribution in [0.25, 0.3) is 0 Å². The van der Waals surface area contributed by atoms with E-state index in [1.54, 1.807) is 0 Å². The van der Waals surface area contributed by atoms with Crippen molar-refractivity contribution in [2.24, 2.45) is 0 Å². The van der Waals surface area contributed by atoms with E-state index in [1.165, 1.54) is 4.90 Å². The van der Waals surface area contributed by atoms with Gasteiger partial charge in [0.2, 0.25) is 5.91 Å². The van der Waals surface area contributed by atoms with E-state index in [4.69, 9.17) is 10.2 Å². The molecule has 5 nitrogen and oxygen atoms in total. The highest BCUT2D eigenvalue weighted by Crippen LogP contribution is 1.88. The standard InChI is InChI=1S/C8H18N2O3S/c11-4-2-10(3-5-12)8(13)7-9-1-6-14/h9,11-12,14H,1-7H2. The van der Waals surface area contributed by atoms with Gasteiger partial charge in [0.25, 0.3) is 0 Å². The Balaban J connectivity index is 3.76. The fraction of sp³-hybridized carbons (Fsp3) is 0.875. The third-order valence-electron chi connectivity index (χ3n) is 1.66. The number of aliphatic hydroxyl groups is 2. The van der Waals surface area contributed by atoms with Crippen molar-refractivity contribution in [1.82, 2.24) is 10.2 Å². The zero-order valence-corrected chi connectivity index (χ0v) is 9.04. The van der Waals surface area contributed by atoms with Crippen molar-refractivity contribution >= 4 is 18.5 Å². The Hall–Kier alpha value is -0.300. The molecule has 0 aliphatic carbocycles. The zero-order valence-electron chi connectivity index (χ0n) is 8.15. The van der Waals surface area contributed by atoms with E-state index in [-0.39, 0.29) is 38.8 Å². The van der Waals surface area contributed by atoms with Gasteiger partial charge in [0.05, 0.1) is 19.8 Å². The van der Waals surface area contributed by atoms with Gasteiger partial charge in [-0.3, -0.25) is 4.79 Å². The second-order valence-electron chi connectivity index (χ2n) is 2.73. The summed E-state index contributed by atoms with van der Waals surface area (Å²) in [5.41, 5.74) is 0. The molecule has 0 rings (SSSR count). The molecule has 84 valence electrons. The van der Waals surface area contributed by atoms with Gasteiger partial charge in [-0.25, -0.2) is 0 Å². The number of hydrogen-bond acceptors (Lipinski definition) is 5. The molecule has 0 aliphatic rings. The molecule has 0 bridgehead atoms.